The molecule has 1 rings (SSSR count). The largest absolute Gasteiger partial charge is 0.435 e. The van der Waals surface area contributed by atoms with Crippen molar-refractivity contribution in [2.24, 2.45) is 0 Å². The first-order valence-corrected chi connectivity index (χ1v) is 3.24. The fourth-order valence-electron chi connectivity index (χ4n) is 0.900. The summed E-state index contributed by atoms with van der Waals surface area (Å²) < 4.78 is 60.0. The lowest BCUT2D eigenvalue weighted by Crippen LogP contribution is -2.07. The fraction of sp³-hybridized carbons (Fsp3) is 0.500. The van der Waals surface area contributed by atoms with Gasteiger partial charge in [-0.15, -0.1) is 0 Å². The van der Waals surface area contributed by atoms with Crippen molar-refractivity contribution in [3.8, 4) is 0 Å². The van der Waals surface area contributed by atoms with E-state index in [0.717, 1.165) is 6.92 Å². The van der Waals surface area contributed by atoms with E-state index in [-0.39, 0.29) is 0 Å². The van der Waals surface area contributed by atoms with Crippen LogP contribution in [0.1, 0.15) is 23.4 Å². The summed E-state index contributed by atoms with van der Waals surface area (Å²) in [5.74, 6) is 0. The van der Waals surface area contributed by atoms with Crippen LogP contribution in [0, 0.1) is 6.92 Å². The fourth-order valence-corrected chi connectivity index (χ4v) is 0.900. The second kappa shape index (κ2) is 2.97. The van der Waals surface area contributed by atoms with Crippen molar-refractivity contribution >= 4 is 0 Å². The Morgan fingerprint density at radius 1 is 1.31 bits per heavy atom. The van der Waals surface area contributed by atoms with E-state index < -0.39 is 29.6 Å². The Balaban J connectivity index is 3.14. The zero-order chi connectivity index (χ0) is 10.2. The van der Waals surface area contributed by atoms with Crippen LogP contribution < -0.4 is 0 Å². The first-order chi connectivity index (χ1) is 5.84. The highest BCUT2D eigenvalue weighted by molar-refractivity contribution is 5.26. The van der Waals surface area contributed by atoms with Crippen LogP contribution in [-0.4, -0.2) is 10.2 Å². The van der Waals surface area contributed by atoms with Gasteiger partial charge in [-0.25, -0.2) is 8.78 Å². The SMILES string of the molecule is Cc1c(C(F)(F)F)n[nH]c1C(F)F. The summed E-state index contributed by atoms with van der Waals surface area (Å²) in [7, 11) is 0. The number of hydrogen-bond donors (Lipinski definition) is 1. The molecular formula is C6H5F5N2. The minimum atomic E-state index is -4.69. The van der Waals surface area contributed by atoms with E-state index in [1.54, 1.807) is 5.10 Å². The molecule has 0 fully saturated rings. The lowest BCUT2D eigenvalue weighted by atomic mass is 10.2. The Bertz CT molecular complexity index is 300. The van der Waals surface area contributed by atoms with Gasteiger partial charge in [0.1, 0.15) is 5.69 Å². The van der Waals surface area contributed by atoms with Crippen molar-refractivity contribution in [2.75, 3.05) is 0 Å². The van der Waals surface area contributed by atoms with Crippen LogP contribution in [-0.2, 0) is 6.18 Å². The molecule has 2 nitrogen and oxygen atoms in total. The van der Waals surface area contributed by atoms with Crippen LogP contribution in [0.5, 0.6) is 0 Å². The molecule has 0 radical (unpaired) electrons. The summed E-state index contributed by atoms with van der Waals surface area (Å²) >= 11 is 0. The topological polar surface area (TPSA) is 28.7 Å². The number of nitrogens with one attached hydrogen (secondary N) is 1. The van der Waals surface area contributed by atoms with Crippen LogP contribution in [0.4, 0.5) is 22.0 Å². The molecule has 0 unspecified atom stereocenters. The Kier molecular flexibility index (Phi) is 2.27. The summed E-state index contributed by atoms with van der Waals surface area (Å²) in [5.41, 5.74) is -2.63. The number of alkyl halides is 5. The molecule has 1 aromatic rings. The zero-order valence-corrected chi connectivity index (χ0v) is 6.41. The van der Waals surface area contributed by atoms with E-state index in [2.05, 4.69) is 5.10 Å². The maximum Gasteiger partial charge on any atom is 0.435 e. The second-order valence-electron chi connectivity index (χ2n) is 2.41. The van der Waals surface area contributed by atoms with E-state index in [9.17, 15) is 22.0 Å². The Morgan fingerprint density at radius 3 is 2.08 bits per heavy atom. The average Bonchev–Trinajstić information content (AvgIpc) is 2.28. The van der Waals surface area contributed by atoms with E-state index >= 15 is 0 Å². The summed E-state index contributed by atoms with van der Waals surface area (Å²) in [5, 5.41) is 4.44. The summed E-state index contributed by atoms with van der Waals surface area (Å²) in [6, 6.07) is 0. The monoisotopic (exact) mass is 200 g/mol. The number of aromatic nitrogens is 2. The van der Waals surface area contributed by atoms with Crippen LogP contribution in [0.25, 0.3) is 0 Å². The molecular weight excluding hydrogens is 195 g/mol. The molecule has 0 aliphatic carbocycles. The maximum atomic E-state index is 12.0. The summed E-state index contributed by atoms with van der Waals surface area (Å²) in [6.07, 6.45) is -7.66. The van der Waals surface area contributed by atoms with Crippen molar-refractivity contribution in [1.82, 2.24) is 10.2 Å². The van der Waals surface area contributed by atoms with Gasteiger partial charge in [-0.05, 0) is 6.92 Å². The molecule has 0 saturated heterocycles. The molecule has 0 aliphatic heterocycles. The molecule has 0 aliphatic rings. The Labute approximate surface area is 69.8 Å². The van der Waals surface area contributed by atoms with Crippen molar-refractivity contribution in [3.63, 3.8) is 0 Å². The van der Waals surface area contributed by atoms with E-state index in [1.807, 2.05) is 0 Å². The molecule has 1 heterocycles. The molecule has 13 heavy (non-hydrogen) atoms. The molecule has 1 N–H and O–H groups in total. The van der Waals surface area contributed by atoms with Gasteiger partial charge in [0, 0.05) is 5.56 Å². The second-order valence-corrected chi connectivity index (χ2v) is 2.41. The number of H-pyrrole nitrogens is 1. The van der Waals surface area contributed by atoms with Crippen LogP contribution >= 0.6 is 0 Å². The first-order valence-electron chi connectivity index (χ1n) is 3.24. The van der Waals surface area contributed by atoms with E-state index in [0.29, 0.717) is 0 Å². The molecule has 7 heteroatoms. The lowest BCUT2D eigenvalue weighted by molar-refractivity contribution is -0.141. The van der Waals surface area contributed by atoms with Crippen molar-refractivity contribution in [3.05, 3.63) is 17.0 Å². The molecule has 0 atom stereocenters. The first kappa shape index (κ1) is 9.94. The van der Waals surface area contributed by atoms with E-state index in [4.69, 9.17) is 0 Å². The van der Waals surface area contributed by atoms with Crippen molar-refractivity contribution in [1.29, 1.82) is 0 Å². The van der Waals surface area contributed by atoms with Crippen LogP contribution in [0.2, 0.25) is 0 Å². The lowest BCUT2D eigenvalue weighted by Gasteiger charge is -2.02. The third-order valence-electron chi connectivity index (χ3n) is 1.53. The van der Waals surface area contributed by atoms with Gasteiger partial charge in [0.2, 0.25) is 0 Å². The van der Waals surface area contributed by atoms with Gasteiger partial charge in [0.15, 0.2) is 5.69 Å². The molecule has 0 aromatic carbocycles. The Morgan fingerprint density at radius 2 is 1.85 bits per heavy atom. The van der Waals surface area contributed by atoms with Crippen LogP contribution in [0.3, 0.4) is 0 Å². The van der Waals surface area contributed by atoms with E-state index in [1.165, 1.54) is 0 Å². The number of hydrogen-bond acceptors (Lipinski definition) is 1. The normalized spacial score (nSPS) is 12.5. The summed E-state index contributed by atoms with van der Waals surface area (Å²) in [4.78, 5) is 0. The number of nitrogens with zero attached hydrogens (tertiary/aromatic N) is 1. The number of halogens is 5. The van der Waals surface area contributed by atoms with Crippen molar-refractivity contribution < 1.29 is 22.0 Å². The summed E-state index contributed by atoms with van der Waals surface area (Å²) in [6.45, 7) is 0.952. The molecule has 74 valence electrons. The minimum absolute atomic E-state index is 0.553. The minimum Gasteiger partial charge on any atom is -0.276 e. The van der Waals surface area contributed by atoms with Gasteiger partial charge in [0.25, 0.3) is 6.43 Å². The molecule has 0 amide bonds. The highest BCUT2D eigenvalue weighted by Crippen LogP contribution is 2.33. The zero-order valence-electron chi connectivity index (χ0n) is 6.41. The van der Waals surface area contributed by atoms with Gasteiger partial charge in [-0.2, -0.15) is 18.3 Å². The third kappa shape index (κ3) is 1.78. The highest BCUT2D eigenvalue weighted by Gasteiger charge is 2.37. The molecule has 0 bridgehead atoms. The predicted molar refractivity (Wildman–Crippen MR) is 33.3 cm³/mol. The third-order valence-corrected chi connectivity index (χ3v) is 1.53. The molecule has 0 saturated carbocycles. The van der Waals surface area contributed by atoms with Crippen molar-refractivity contribution in [2.45, 2.75) is 19.5 Å². The number of aromatic amines is 1. The van der Waals surface area contributed by atoms with Gasteiger partial charge in [0.05, 0.1) is 0 Å². The maximum absolute atomic E-state index is 12.0. The predicted octanol–water partition coefficient (Wildman–Crippen LogP) is 2.67. The quantitative estimate of drug-likeness (QED) is 0.693. The molecule has 0 spiro atoms. The average molecular weight is 200 g/mol. The standard InChI is InChI=1S/C6H5F5N2/c1-2-3(5(7)8)12-13-4(2)6(9,10)11/h5H,1H3,(H,12,13). The molecule has 1 aromatic heterocycles. The van der Waals surface area contributed by atoms with Gasteiger partial charge >= 0.3 is 6.18 Å². The van der Waals surface area contributed by atoms with Gasteiger partial charge in [-0.1, -0.05) is 0 Å². The Hall–Kier alpha value is -1.14. The number of rotatable bonds is 1. The highest BCUT2D eigenvalue weighted by atomic mass is 19.4. The smallest absolute Gasteiger partial charge is 0.276 e. The van der Waals surface area contributed by atoms with Gasteiger partial charge in [-0.3, -0.25) is 5.10 Å². The van der Waals surface area contributed by atoms with Gasteiger partial charge < -0.3 is 0 Å². The van der Waals surface area contributed by atoms with Crippen LogP contribution in [0.15, 0.2) is 0 Å².